The maximum Gasteiger partial charge on any atom is 0.127 e. The van der Waals surface area contributed by atoms with Gasteiger partial charge in [-0.15, -0.1) is 0 Å². The van der Waals surface area contributed by atoms with E-state index in [2.05, 4.69) is 12.0 Å². The van der Waals surface area contributed by atoms with Crippen molar-refractivity contribution in [2.45, 2.75) is 31.6 Å². The number of anilines is 1. The van der Waals surface area contributed by atoms with E-state index in [1.807, 2.05) is 30.3 Å². The molecule has 19 heavy (non-hydrogen) atoms. The Bertz CT molecular complexity index is 582. The first kappa shape index (κ1) is 12.1. The third kappa shape index (κ3) is 1.97. The third-order valence-corrected chi connectivity index (χ3v) is 4.13. The fourth-order valence-corrected chi connectivity index (χ4v) is 2.58. The van der Waals surface area contributed by atoms with Crippen molar-refractivity contribution in [3.63, 3.8) is 0 Å². The molecule has 0 radical (unpaired) electrons. The molecule has 2 aromatic rings. The van der Waals surface area contributed by atoms with Gasteiger partial charge in [-0.3, -0.25) is 0 Å². The van der Waals surface area contributed by atoms with Crippen LogP contribution in [0.5, 0.6) is 5.75 Å². The summed E-state index contributed by atoms with van der Waals surface area (Å²) >= 11 is 0. The smallest absolute Gasteiger partial charge is 0.127 e. The fourth-order valence-electron chi connectivity index (χ4n) is 2.58. The fraction of sp³-hybridized carbons (Fsp3) is 0.400. The van der Waals surface area contributed by atoms with Gasteiger partial charge >= 0.3 is 0 Å². The minimum atomic E-state index is 0.214. The summed E-state index contributed by atoms with van der Waals surface area (Å²) in [5, 5.41) is 4.68. The molecule has 0 bridgehead atoms. The van der Waals surface area contributed by atoms with Gasteiger partial charge in [0.05, 0.1) is 18.5 Å². The molecule has 100 valence electrons. The summed E-state index contributed by atoms with van der Waals surface area (Å²) in [4.78, 5) is 0. The van der Waals surface area contributed by atoms with E-state index < -0.39 is 0 Å². The number of aromatic nitrogens is 2. The summed E-state index contributed by atoms with van der Waals surface area (Å²) in [6.07, 6.45) is 3.68. The van der Waals surface area contributed by atoms with Gasteiger partial charge in [0, 0.05) is 11.5 Å². The van der Waals surface area contributed by atoms with Crippen LogP contribution in [0, 0.1) is 0 Å². The molecule has 2 N–H and O–H groups in total. The highest BCUT2D eigenvalue weighted by molar-refractivity contribution is 5.46. The molecule has 0 amide bonds. The third-order valence-electron chi connectivity index (χ3n) is 4.13. The summed E-state index contributed by atoms with van der Waals surface area (Å²) in [5.41, 5.74) is 8.37. The van der Waals surface area contributed by atoms with Gasteiger partial charge in [-0.25, -0.2) is 4.68 Å². The molecule has 1 heterocycles. The van der Waals surface area contributed by atoms with Crippen molar-refractivity contribution in [3.05, 3.63) is 36.0 Å². The molecule has 0 saturated heterocycles. The largest absolute Gasteiger partial charge is 0.497 e. The lowest BCUT2D eigenvalue weighted by Crippen LogP contribution is -2.30. The summed E-state index contributed by atoms with van der Waals surface area (Å²) in [7, 11) is 1.66. The second-order valence-corrected chi connectivity index (χ2v) is 5.48. The molecule has 0 unspecified atom stereocenters. The number of hydrogen-bond donors (Lipinski definition) is 1. The summed E-state index contributed by atoms with van der Waals surface area (Å²) in [5.74, 6) is 1.52. The topological polar surface area (TPSA) is 53.1 Å². The molecular weight excluding hydrogens is 238 g/mol. The minimum Gasteiger partial charge on any atom is -0.497 e. The van der Waals surface area contributed by atoms with E-state index >= 15 is 0 Å². The zero-order valence-corrected chi connectivity index (χ0v) is 11.4. The molecule has 1 aliphatic rings. The Labute approximate surface area is 113 Å². The number of nitrogens with zero attached hydrogens (tertiary/aromatic N) is 2. The number of nitrogens with two attached hydrogens (primary N) is 1. The lowest BCUT2D eigenvalue weighted by Gasteiger charge is -2.36. The first-order valence-electron chi connectivity index (χ1n) is 6.63. The van der Waals surface area contributed by atoms with E-state index in [0.29, 0.717) is 5.82 Å². The van der Waals surface area contributed by atoms with Gasteiger partial charge in [-0.2, -0.15) is 5.10 Å². The number of hydrogen-bond acceptors (Lipinski definition) is 3. The highest BCUT2D eigenvalue weighted by Gasteiger charge is 2.36. The molecule has 4 nitrogen and oxygen atoms in total. The van der Waals surface area contributed by atoms with Crippen LogP contribution in [0.1, 0.15) is 31.9 Å². The van der Waals surface area contributed by atoms with Crippen LogP contribution >= 0.6 is 0 Å². The van der Waals surface area contributed by atoms with Gasteiger partial charge in [-0.1, -0.05) is 13.3 Å². The summed E-state index contributed by atoms with van der Waals surface area (Å²) in [6.45, 7) is 2.26. The van der Waals surface area contributed by atoms with Crippen LogP contribution in [0.25, 0.3) is 5.69 Å². The molecule has 4 heteroatoms. The molecule has 0 atom stereocenters. The van der Waals surface area contributed by atoms with E-state index in [-0.39, 0.29) is 5.41 Å². The van der Waals surface area contributed by atoms with Gasteiger partial charge in [0.25, 0.3) is 0 Å². The average Bonchev–Trinajstić information content (AvgIpc) is 2.78. The number of benzene rings is 1. The quantitative estimate of drug-likeness (QED) is 0.919. The molecule has 1 aromatic heterocycles. The van der Waals surface area contributed by atoms with Gasteiger partial charge < -0.3 is 10.5 Å². The Morgan fingerprint density at radius 2 is 1.95 bits per heavy atom. The lowest BCUT2D eigenvalue weighted by molar-refractivity contribution is 0.263. The van der Waals surface area contributed by atoms with Crippen LogP contribution in [0.15, 0.2) is 30.3 Å². The second-order valence-electron chi connectivity index (χ2n) is 5.48. The standard InChI is InChI=1S/C15H19N3O/c1-15(8-3-9-15)13-10-14(16)18(17-13)11-4-6-12(19-2)7-5-11/h4-7,10H,3,8-9,16H2,1-2H3. The first-order valence-corrected chi connectivity index (χ1v) is 6.63. The molecule has 0 spiro atoms. The van der Waals surface area contributed by atoms with Gasteiger partial charge in [0.2, 0.25) is 0 Å². The van der Waals surface area contributed by atoms with Gasteiger partial charge in [-0.05, 0) is 37.1 Å². The maximum absolute atomic E-state index is 6.09. The Balaban J connectivity index is 1.95. The van der Waals surface area contributed by atoms with E-state index in [4.69, 9.17) is 10.5 Å². The van der Waals surface area contributed by atoms with E-state index in [0.717, 1.165) is 17.1 Å². The monoisotopic (exact) mass is 257 g/mol. The van der Waals surface area contributed by atoms with Crippen LogP contribution < -0.4 is 10.5 Å². The van der Waals surface area contributed by atoms with E-state index in [1.165, 1.54) is 19.3 Å². The number of ether oxygens (including phenoxy) is 1. The second kappa shape index (κ2) is 4.30. The normalized spacial score (nSPS) is 16.9. The average molecular weight is 257 g/mol. The highest BCUT2D eigenvalue weighted by Crippen LogP contribution is 2.43. The minimum absolute atomic E-state index is 0.214. The van der Waals surface area contributed by atoms with Crippen LogP contribution in [-0.4, -0.2) is 16.9 Å². The van der Waals surface area contributed by atoms with E-state index in [9.17, 15) is 0 Å². The maximum atomic E-state index is 6.09. The lowest BCUT2D eigenvalue weighted by atomic mass is 9.68. The zero-order chi connectivity index (χ0) is 13.5. The van der Waals surface area contributed by atoms with Crippen molar-refractivity contribution in [2.24, 2.45) is 0 Å². The number of rotatable bonds is 3. The molecule has 1 saturated carbocycles. The van der Waals surface area contributed by atoms with Crippen LogP contribution in [0.4, 0.5) is 5.82 Å². The predicted octanol–water partition coefficient (Wildman–Crippen LogP) is 2.90. The summed E-state index contributed by atoms with van der Waals surface area (Å²) in [6, 6.07) is 9.77. The molecule has 1 aromatic carbocycles. The van der Waals surface area contributed by atoms with Crippen molar-refractivity contribution in [3.8, 4) is 11.4 Å². The molecule has 1 aliphatic carbocycles. The Hall–Kier alpha value is -1.97. The van der Waals surface area contributed by atoms with Crippen LogP contribution in [0.2, 0.25) is 0 Å². The van der Waals surface area contributed by atoms with E-state index in [1.54, 1.807) is 11.8 Å². The van der Waals surface area contributed by atoms with Crippen molar-refractivity contribution in [2.75, 3.05) is 12.8 Å². The SMILES string of the molecule is COc1ccc(-n2nc(C3(C)CCC3)cc2N)cc1. The van der Waals surface area contributed by atoms with Crippen molar-refractivity contribution in [1.82, 2.24) is 9.78 Å². The highest BCUT2D eigenvalue weighted by atomic mass is 16.5. The van der Waals surface area contributed by atoms with Gasteiger partial charge in [0.1, 0.15) is 11.6 Å². The van der Waals surface area contributed by atoms with Gasteiger partial charge in [0.15, 0.2) is 0 Å². The number of nitrogen functional groups attached to an aromatic ring is 1. The van der Waals surface area contributed by atoms with Crippen LogP contribution in [0.3, 0.4) is 0 Å². The Kier molecular flexibility index (Phi) is 2.73. The summed E-state index contributed by atoms with van der Waals surface area (Å²) < 4.78 is 6.96. The van der Waals surface area contributed by atoms with Crippen molar-refractivity contribution in [1.29, 1.82) is 0 Å². The molecule has 3 rings (SSSR count). The number of methoxy groups -OCH3 is 1. The van der Waals surface area contributed by atoms with Crippen molar-refractivity contribution >= 4 is 5.82 Å². The predicted molar refractivity (Wildman–Crippen MR) is 75.7 cm³/mol. The van der Waals surface area contributed by atoms with Crippen molar-refractivity contribution < 1.29 is 4.74 Å². The van der Waals surface area contributed by atoms with Crippen LogP contribution in [-0.2, 0) is 5.41 Å². The zero-order valence-electron chi connectivity index (χ0n) is 11.4. The molecule has 1 fully saturated rings. The Morgan fingerprint density at radius 3 is 2.47 bits per heavy atom. The molecule has 0 aliphatic heterocycles. The Morgan fingerprint density at radius 1 is 1.26 bits per heavy atom. The first-order chi connectivity index (χ1) is 9.12. The molecular formula is C15H19N3O.